The normalized spacial score (nSPS) is 14.0. The van der Waals surface area contributed by atoms with Crippen LogP contribution in [0.3, 0.4) is 0 Å². The molecule has 0 aromatic carbocycles. The standard InChI is InChI=1S/C30H57N13O6/c31-12-4-1-8-20(34)25(44)40-23(11-7-15-38-30(35)36)27(46)41-21(9-2-5-13-32)26(45)42-22(10-3-6-14-33)28(47)43-24(29(48)49)16-19-17-37-18-39-19/h17-18,20-24H,1-16,31-34H2,(H,37,39)(H,40,44)(H,41,46)(H,42,45)(H,43,47)(H,48,49)(H4,35,36,38). The fraction of sp³-hybridized carbons (Fsp3) is 0.700. The average Bonchev–Trinajstić information content (AvgIpc) is 3.57. The molecule has 4 amide bonds. The molecule has 0 aliphatic carbocycles. The highest BCUT2D eigenvalue weighted by atomic mass is 16.4. The number of carbonyl (C=O) groups is 5. The van der Waals surface area contributed by atoms with Crippen LogP contribution in [0.15, 0.2) is 17.5 Å². The minimum Gasteiger partial charge on any atom is -0.480 e. The molecular weight excluding hydrogens is 638 g/mol. The number of hydrogen-bond donors (Lipinski definition) is 12. The fourth-order valence-corrected chi connectivity index (χ4v) is 4.85. The number of nitrogens with two attached hydrogens (primary N) is 6. The molecular formula is C30H57N13O6. The number of aliphatic carboxylic acids is 1. The van der Waals surface area contributed by atoms with Crippen LogP contribution >= 0.6 is 0 Å². The van der Waals surface area contributed by atoms with E-state index in [4.69, 9.17) is 34.4 Å². The summed E-state index contributed by atoms with van der Waals surface area (Å²) in [6, 6.07) is -5.49. The van der Waals surface area contributed by atoms with Gasteiger partial charge in [0, 0.05) is 24.9 Å². The van der Waals surface area contributed by atoms with Gasteiger partial charge in [-0.05, 0) is 83.8 Å². The van der Waals surface area contributed by atoms with Crippen LogP contribution in [0.25, 0.3) is 0 Å². The number of amides is 4. The molecule has 0 saturated heterocycles. The summed E-state index contributed by atoms with van der Waals surface area (Å²) in [6.07, 6.45) is 7.33. The average molecular weight is 696 g/mol. The van der Waals surface area contributed by atoms with Gasteiger partial charge in [-0.15, -0.1) is 0 Å². The number of rotatable bonds is 27. The maximum atomic E-state index is 13.7. The predicted octanol–water partition coefficient (Wildman–Crippen LogP) is -3.26. The molecule has 278 valence electrons. The summed E-state index contributed by atoms with van der Waals surface area (Å²) in [4.78, 5) is 76.1. The van der Waals surface area contributed by atoms with Crippen LogP contribution < -0.4 is 55.7 Å². The number of carboxylic acids is 1. The number of aliphatic imine (C=N–C) groups is 1. The van der Waals surface area contributed by atoms with E-state index < -0.39 is 59.8 Å². The van der Waals surface area contributed by atoms with Crippen LogP contribution in [0, 0.1) is 0 Å². The highest BCUT2D eigenvalue weighted by Crippen LogP contribution is 2.09. The van der Waals surface area contributed by atoms with Crippen molar-refractivity contribution in [3.8, 4) is 0 Å². The molecule has 0 spiro atoms. The van der Waals surface area contributed by atoms with Crippen molar-refractivity contribution in [3.05, 3.63) is 18.2 Å². The molecule has 5 atom stereocenters. The van der Waals surface area contributed by atoms with Crippen LogP contribution in [-0.4, -0.2) is 107 Å². The van der Waals surface area contributed by atoms with Crippen LogP contribution in [0.1, 0.15) is 76.3 Å². The van der Waals surface area contributed by atoms with Crippen molar-refractivity contribution in [1.82, 2.24) is 31.2 Å². The summed E-state index contributed by atoms with van der Waals surface area (Å²) in [5, 5.41) is 20.3. The minimum absolute atomic E-state index is 0.0602. The molecule has 0 fully saturated rings. The number of unbranched alkanes of at least 4 members (excludes halogenated alkanes) is 3. The first-order chi connectivity index (χ1) is 23.4. The minimum atomic E-state index is -1.30. The quantitative estimate of drug-likeness (QED) is 0.0245. The van der Waals surface area contributed by atoms with Gasteiger partial charge in [0.15, 0.2) is 5.96 Å². The number of carbonyl (C=O) groups excluding carboxylic acids is 4. The lowest BCUT2D eigenvalue weighted by Gasteiger charge is -2.26. The summed E-state index contributed by atoms with van der Waals surface area (Å²) in [7, 11) is 0. The van der Waals surface area contributed by atoms with Crippen LogP contribution in [0.2, 0.25) is 0 Å². The van der Waals surface area contributed by atoms with Crippen LogP contribution in [0.4, 0.5) is 0 Å². The monoisotopic (exact) mass is 695 g/mol. The Morgan fingerprint density at radius 1 is 0.694 bits per heavy atom. The Hall–Kier alpha value is -4.33. The smallest absolute Gasteiger partial charge is 0.326 e. The highest BCUT2D eigenvalue weighted by molar-refractivity contribution is 5.95. The Morgan fingerprint density at radius 3 is 1.57 bits per heavy atom. The summed E-state index contributed by atoms with van der Waals surface area (Å²) >= 11 is 0. The van der Waals surface area contributed by atoms with Crippen LogP contribution in [0.5, 0.6) is 0 Å². The number of imidazole rings is 1. The zero-order chi connectivity index (χ0) is 36.6. The molecule has 0 aliphatic heterocycles. The van der Waals surface area contributed by atoms with Crippen molar-refractivity contribution in [2.75, 3.05) is 26.2 Å². The topological polar surface area (TPSA) is 351 Å². The number of aromatic nitrogens is 2. The first-order valence-corrected chi connectivity index (χ1v) is 16.8. The third kappa shape index (κ3) is 18.1. The molecule has 1 rings (SSSR count). The maximum Gasteiger partial charge on any atom is 0.326 e. The van der Waals surface area contributed by atoms with Gasteiger partial charge in [0.1, 0.15) is 24.2 Å². The second kappa shape index (κ2) is 24.8. The van der Waals surface area contributed by atoms with Crippen molar-refractivity contribution in [1.29, 1.82) is 0 Å². The molecule has 0 saturated carbocycles. The molecule has 19 nitrogen and oxygen atoms in total. The van der Waals surface area contributed by atoms with Gasteiger partial charge in [-0.1, -0.05) is 6.42 Å². The summed E-state index contributed by atoms with van der Waals surface area (Å²) in [6.45, 7) is 1.36. The Morgan fingerprint density at radius 2 is 1.14 bits per heavy atom. The first kappa shape index (κ1) is 42.7. The van der Waals surface area contributed by atoms with Gasteiger partial charge in [-0.2, -0.15) is 0 Å². The number of aromatic amines is 1. The number of guanidine groups is 1. The molecule has 5 unspecified atom stereocenters. The van der Waals surface area contributed by atoms with Gasteiger partial charge < -0.3 is 65.8 Å². The third-order valence-corrected chi connectivity index (χ3v) is 7.64. The van der Waals surface area contributed by atoms with Crippen molar-refractivity contribution >= 4 is 35.6 Å². The highest BCUT2D eigenvalue weighted by Gasteiger charge is 2.31. The molecule has 1 aromatic heterocycles. The molecule has 1 aromatic rings. The van der Waals surface area contributed by atoms with E-state index in [9.17, 15) is 29.1 Å². The number of hydrogen-bond acceptors (Lipinski definition) is 11. The zero-order valence-electron chi connectivity index (χ0n) is 28.2. The molecule has 19 heteroatoms. The van der Waals surface area contributed by atoms with E-state index in [0.717, 1.165) is 0 Å². The van der Waals surface area contributed by atoms with E-state index in [2.05, 4.69) is 36.2 Å². The van der Waals surface area contributed by atoms with Crippen molar-refractivity contribution in [2.24, 2.45) is 39.4 Å². The number of nitrogens with zero attached hydrogens (tertiary/aromatic N) is 2. The molecule has 1 heterocycles. The Balaban J connectivity index is 3.17. The summed E-state index contributed by atoms with van der Waals surface area (Å²) < 4.78 is 0. The molecule has 0 bridgehead atoms. The number of H-pyrrole nitrogens is 1. The maximum absolute atomic E-state index is 13.7. The SMILES string of the molecule is NCCCCC(N)C(=O)NC(CCCN=C(N)N)C(=O)NC(CCCCN)C(=O)NC(CCCCN)C(=O)NC(Cc1cnc[nH]1)C(=O)O. The molecule has 0 radical (unpaired) electrons. The van der Waals surface area contributed by atoms with Crippen LogP contribution in [-0.2, 0) is 30.4 Å². The largest absolute Gasteiger partial charge is 0.480 e. The van der Waals surface area contributed by atoms with Gasteiger partial charge in [0.05, 0.1) is 12.4 Å². The van der Waals surface area contributed by atoms with Gasteiger partial charge in [0.25, 0.3) is 0 Å². The lowest BCUT2D eigenvalue weighted by Crippen LogP contribution is -2.58. The molecule has 49 heavy (non-hydrogen) atoms. The van der Waals surface area contributed by atoms with Crippen molar-refractivity contribution < 1.29 is 29.1 Å². The van der Waals surface area contributed by atoms with Crippen molar-refractivity contribution in [2.45, 2.75) is 107 Å². The Labute approximate surface area is 286 Å². The lowest BCUT2D eigenvalue weighted by atomic mass is 10.0. The predicted molar refractivity (Wildman–Crippen MR) is 184 cm³/mol. The van der Waals surface area contributed by atoms with E-state index in [1.807, 2.05) is 0 Å². The zero-order valence-corrected chi connectivity index (χ0v) is 28.2. The lowest BCUT2D eigenvalue weighted by molar-refractivity contribution is -0.142. The van der Waals surface area contributed by atoms with Crippen molar-refractivity contribution in [3.63, 3.8) is 0 Å². The van der Waals surface area contributed by atoms with E-state index >= 15 is 0 Å². The second-order valence-electron chi connectivity index (χ2n) is 11.8. The fourth-order valence-electron chi connectivity index (χ4n) is 4.85. The third-order valence-electron chi connectivity index (χ3n) is 7.64. The van der Waals surface area contributed by atoms with E-state index in [1.54, 1.807) is 0 Å². The van der Waals surface area contributed by atoms with Gasteiger partial charge in [-0.3, -0.25) is 24.2 Å². The molecule has 18 N–H and O–H groups in total. The van der Waals surface area contributed by atoms with Gasteiger partial charge >= 0.3 is 5.97 Å². The van der Waals surface area contributed by atoms with E-state index in [1.165, 1.54) is 12.5 Å². The summed E-state index contributed by atoms with van der Waals surface area (Å²) in [5.74, 6) is -3.95. The summed E-state index contributed by atoms with van der Waals surface area (Å²) in [5.41, 5.74) is 34.2. The first-order valence-electron chi connectivity index (χ1n) is 16.8. The Bertz CT molecular complexity index is 1160. The molecule has 0 aliphatic rings. The van der Waals surface area contributed by atoms with Gasteiger partial charge in [-0.25, -0.2) is 9.78 Å². The Kier molecular flexibility index (Phi) is 21.6. The van der Waals surface area contributed by atoms with E-state index in [0.29, 0.717) is 76.7 Å². The van der Waals surface area contributed by atoms with E-state index in [-0.39, 0.29) is 38.2 Å². The number of nitrogens with one attached hydrogen (secondary N) is 5. The second-order valence-corrected chi connectivity index (χ2v) is 11.8. The van der Waals surface area contributed by atoms with Gasteiger partial charge in [0.2, 0.25) is 23.6 Å². The number of carboxylic acid groups (broad SMARTS) is 1.